The zero-order chi connectivity index (χ0) is 26.2. The molecule has 0 fully saturated rings. The molecule has 0 saturated heterocycles. The number of nitrogens with one attached hydrogen (secondary N) is 1. The topological polar surface area (TPSA) is 79.7 Å². The monoisotopic (exact) mass is 486 g/mol. The zero-order valence-electron chi connectivity index (χ0n) is 22.8. The van der Waals surface area contributed by atoms with E-state index in [2.05, 4.69) is 111 Å². The van der Waals surface area contributed by atoms with Gasteiger partial charge in [0.15, 0.2) is 5.82 Å². The van der Waals surface area contributed by atoms with Gasteiger partial charge in [0.25, 0.3) is 5.56 Å². The Labute approximate surface area is 213 Å². The molecule has 4 aromatic rings. The highest BCUT2D eigenvalue weighted by molar-refractivity contribution is 5.80. The molecule has 0 aliphatic heterocycles. The summed E-state index contributed by atoms with van der Waals surface area (Å²) in [6, 6.07) is 14.7. The second-order valence-corrected chi connectivity index (χ2v) is 11.3. The molecule has 0 aliphatic carbocycles. The SMILES string of the molecule is Cc1ccc(CN(Cc2cc3cc(C)c(C)cc3[nH]c2=O)C(c2nnnn2C(C)(C)C)C(C)C)cc1. The minimum absolute atomic E-state index is 0.0578. The predicted octanol–water partition coefficient (Wildman–Crippen LogP) is 5.59. The number of aromatic nitrogens is 5. The smallest absolute Gasteiger partial charge is 0.252 e. The average molecular weight is 487 g/mol. The average Bonchev–Trinajstić information content (AvgIpc) is 3.27. The Balaban J connectivity index is 1.82. The Hall–Kier alpha value is -3.32. The van der Waals surface area contributed by atoms with Gasteiger partial charge in [0.2, 0.25) is 0 Å². The molecule has 2 aromatic carbocycles. The Bertz CT molecular complexity index is 1410. The van der Waals surface area contributed by atoms with E-state index in [0.717, 1.165) is 22.3 Å². The van der Waals surface area contributed by atoms with Gasteiger partial charge in [-0.25, -0.2) is 4.68 Å². The van der Waals surface area contributed by atoms with Crippen LogP contribution in [0.4, 0.5) is 0 Å². The Kier molecular flexibility index (Phi) is 7.14. The van der Waals surface area contributed by atoms with Crippen molar-refractivity contribution in [3.05, 3.63) is 86.5 Å². The van der Waals surface area contributed by atoms with Crippen molar-refractivity contribution >= 4 is 10.9 Å². The van der Waals surface area contributed by atoms with Crippen LogP contribution in [-0.2, 0) is 18.6 Å². The molecule has 0 saturated carbocycles. The molecule has 1 unspecified atom stereocenters. The second kappa shape index (κ2) is 9.97. The van der Waals surface area contributed by atoms with E-state index in [0.29, 0.717) is 13.1 Å². The summed E-state index contributed by atoms with van der Waals surface area (Å²) in [5, 5.41) is 13.9. The van der Waals surface area contributed by atoms with Crippen LogP contribution in [0.1, 0.15) is 74.3 Å². The van der Waals surface area contributed by atoms with Gasteiger partial charge in [0.1, 0.15) is 0 Å². The van der Waals surface area contributed by atoms with E-state index in [9.17, 15) is 4.79 Å². The second-order valence-electron chi connectivity index (χ2n) is 11.3. The largest absolute Gasteiger partial charge is 0.322 e. The number of hydrogen-bond donors (Lipinski definition) is 1. The molecular formula is C29H38N6O. The zero-order valence-corrected chi connectivity index (χ0v) is 22.8. The molecule has 190 valence electrons. The first-order chi connectivity index (χ1) is 16.9. The molecule has 7 nitrogen and oxygen atoms in total. The Morgan fingerprint density at radius 1 is 0.972 bits per heavy atom. The molecule has 2 aromatic heterocycles. The van der Waals surface area contributed by atoms with Gasteiger partial charge in [0, 0.05) is 24.2 Å². The summed E-state index contributed by atoms with van der Waals surface area (Å²) in [6.45, 7) is 18.1. The number of nitrogens with zero attached hydrogens (tertiary/aromatic N) is 5. The number of rotatable bonds is 7. The van der Waals surface area contributed by atoms with E-state index in [1.807, 2.05) is 16.8 Å². The summed E-state index contributed by atoms with van der Waals surface area (Å²) in [7, 11) is 0. The maximum absolute atomic E-state index is 13.2. The highest BCUT2D eigenvalue weighted by atomic mass is 16.1. The van der Waals surface area contributed by atoms with Crippen molar-refractivity contribution in [3.8, 4) is 0 Å². The molecular weight excluding hydrogens is 448 g/mol. The van der Waals surface area contributed by atoms with E-state index in [1.54, 1.807) is 0 Å². The molecule has 0 aliphatic rings. The van der Waals surface area contributed by atoms with Crippen molar-refractivity contribution < 1.29 is 0 Å². The maximum atomic E-state index is 13.2. The Morgan fingerprint density at radius 3 is 2.28 bits per heavy atom. The van der Waals surface area contributed by atoms with Crippen LogP contribution in [0.5, 0.6) is 0 Å². The van der Waals surface area contributed by atoms with E-state index >= 15 is 0 Å². The van der Waals surface area contributed by atoms with Crippen molar-refractivity contribution in [1.29, 1.82) is 0 Å². The van der Waals surface area contributed by atoms with Crippen LogP contribution in [0.2, 0.25) is 0 Å². The van der Waals surface area contributed by atoms with Crippen LogP contribution >= 0.6 is 0 Å². The minimum atomic E-state index is -0.267. The van der Waals surface area contributed by atoms with E-state index in [-0.39, 0.29) is 23.1 Å². The number of benzene rings is 2. The highest BCUT2D eigenvalue weighted by Gasteiger charge is 2.33. The van der Waals surface area contributed by atoms with E-state index in [4.69, 9.17) is 0 Å². The van der Waals surface area contributed by atoms with Gasteiger partial charge in [-0.15, -0.1) is 5.10 Å². The van der Waals surface area contributed by atoms with Crippen molar-refractivity contribution in [2.75, 3.05) is 0 Å². The molecule has 36 heavy (non-hydrogen) atoms. The fourth-order valence-electron chi connectivity index (χ4n) is 4.78. The molecule has 1 atom stereocenters. The van der Waals surface area contributed by atoms with Crippen molar-refractivity contribution in [2.45, 2.75) is 80.1 Å². The summed E-state index contributed by atoms with van der Waals surface area (Å²) in [4.78, 5) is 18.7. The quantitative estimate of drug-likeness (QED) is 0.368. The fourth-order valence-corrected chi connectivity index (χ4v) is 4.78. The van der Waals surface area contributed by atoms with Crippen molar-refractivity contribution in [3.63, 3.8) is 0 Å². The minimum Gasteiger partial charge on any atom is -0.322 e. The normalized spacial score (nSPS) is 13.2. The van der Waals surface area contributed by atoms with Crippen LogP contribution in [0, 0.1) is 26.7 Å². The standard InChI is InChI=1S/C29H38N6O/c1-18(2)26(27-31-32-33-35(27)29(6,7)8)34(16-22-11-9-19(3)10-12-22)17-24-15-23-13-20(4)21(5)14-25(23)30-28(24)36/h9-15,18,26H,16-17H2,1-8H3,(H,30,36). The third-order valence-corrected chi connectivity index (χ3v) is 6.83. The number of hydrogen-bond acceptors (Lipinski definition) is 5. The van der Waals surface area contributed by atoms with Crippen molar-refractivity contribution in [2.24, 2.45) is 5.92 Å². The number of aromatic amines is 1. The number of fused-ring (bicyclic) bond motifs is 1. The van der Waals surface area contributed by atoms with Gasteiger partial charge in [-0.05, 0) is 98.2 Å². The van der Waals surface area contributed by atoms with Crippen LogP contribution in [0.25, 0.3) is 10.9 Å². The van der Waals surface area contributed by atoms with Gasteiger partial charge in [-0.1, -0.05) is 43.7 Å². The van der Waals surface area contributed by atoms with Crippen LogP contribution < -0.4 is 5.56 Å². The lowest BCUT2D eigenvalue weighted by molar-refractivity contribution is 0.119. The Morgan fingerprint density at radius 2 is 1.64 bits per heavy atom. The maximum Gasteiger partial charge on any atom is 0.252 e. The molecule has 0 bridgehead atoms. The first kappa shape index (κ1) is 25.8. The molecule has 2 heterocycles. The summed E-state index contributed by atoms with van der Waals surface area (Å²) >= 11 is 0. The number of tetrazole rings is 1. The third kappa shape index (κ3) is 5.41. The lowest BCUT2D eigenvalue weighted by Crippen LogP contribution is -2.37. The van der Waals surface area contributed by atoms with Crippen LogP contribution in [0.3, 0.4) is 0 Å². The lowest BCUT2D eigenvalue weighted by atomic mass is 9.98. The van der Waals surface area contributed by atoms with Gasteiger partial charge in [0.05, 0.1) is 11.6 Å². The first-order valence-electron chi connectivity index (χ1n) is 12.7. The van der Waals surface area contributed by atoms with Gasteiger partial charge >= 0.3 is 0 Å². The van der Waals surface area contributed by atoms with Crippen LogP contribution in [-0.4, -0.2) is 30.1 Å². The van der Waals surface area contributed by atoms with Crippen molar-refractivity contribution in [1.82, 2.24) is 30.1 Å². The fraction of sp³-hybridized carbons (Fsp3) is 0.448. The summed E-state index contributed by atoms with van der Waals surface area (Å²) in [5.41, 5.74) is 6.06. The number of aryl methyl sites for hydroxylation is 3. The molecule has 0 radical (unpaired) electrons. The summed E-state index contributed by atoms with van der Waals surface area (Å²) < 4.78 is 1.91. The molecule has 0 amide bonds. The molecule has 1 N–H and O–H groups in total. The van der Waals surface area contributed by atoms with E-state index < -0.39 is 0 Å². The summed E-state index contributed by atoms with van der Waals surface area (Å²) in [6.07, 6.45) is 0. The van der Waals surface area contributed by atoms with Gasteiger partial charge in [-0.3, -0.25) is 9.69 Å². The van der Waals surface area contributed by atoms with E-state index in [1.165, 1.54) is 22.3 Å². The highest BCUT2D eigenvalue weighted by Crippen LogP contribution is 2.32. The van der Waals surface area contributed by atoms with Gasteiger partial charge < -0.3 is 4.98 Å². The molecule has 7 heteroatoms. The summed E-state index contributed by atoms with van der Waals surface area (Å²) in [5.74, 6) is 1.03. The van der Waals surface area contributed by atoms with Crippen LogP contribution in [0.15, 0.2) is 47.3 Å². The number of pyridine rings is 1. The number of H-pyrrole nitrogens is 1. The first-order valence-corrected chi connectivity index (χ1v) is 12.7. The van der Waals surface area contributed by atoms with Gasteiger partial charge in [-0.2, -0.15) is 0 Å². The molecule has 4 rings (SSSR count). The lowest BCUT2D eigenvalue weighted by Gasteiger charge is -2.35. The predicted molar refractivity (Wildman–Crippen MR) is 145 cm³/mol. The third-order valence-electron chi connectivity index (χ3n) is 6.83. The molecule has 0 spiro atoms.